The molecular formula is C26H37N7. The molecule has 1 aromatic carbocycles. The Balaban J connectivity index is 1.27. The quantitative estimate of drug-likeness (QED) is 0.542. The Morgan fingerprint density at radius 3 is 2.24 bits per heavy atom. The first-order valence-corrected chi connectivity index (χ1v) is 12.5. The Hall–Kier alpha value is -2.67. The van der Waals surface area contributed by atoms with Gasteiger partial charge in [0.15, 0.2) is 5.65 Å². The van der Waals surface area contributed by atoms with Gasteiger partial charge in [-0.1, -0.05) is 25.7 Å². The molecule has 3 heterocycles. The molecule has 0 unspecified atom stereocenters. The van der Waals surface area contributed by atoms with Crippen molar-refractivity contribution < 1.29 is 0 Å². The van der Waals surface area contributed by atoms with Crippen LogP contribution in [-0.2, 0) is 0 Å². The molecule has 1 saturated carbocycles. The Morgan fingerprint density at radius 2 is 1.58 bits per heavy atom. The minimum atomic E-state index is 0.243. The predicted octanol–water partition coefficient (Wildman–Crippen LogP) is 5.39. The summed E-state index contributed by atoms with van der Waals surface area (Å²) in [6.45, 7) is 11.2. The minimum absolute atomic E-state index is 0.243. The first-order chi connectivity index (χ1) is 16.0. The number of rotatable bonds is 4. The molecule has 2 fully saturated rings. The summed E-state index contributed by atoms with van der Waals surface area (Å²) in [5, 5.41) is 9.07. The first-order valence-electron chi connectivity index (χ1n) is 12.5. The largest absolute Gasteiger partial charge is 0.369 e. The van der Waals surface area contributed by atoms with Gasteiger partial charge in [-0.3, -0.25) is 4.90 Å². The molecule has 0 radical (unpaired) electrons. The third-order valence-electron chi connectivity index (χ3n) is 7.22. The third-order valence-corrected chi connectivity index (χ3v) is 7.22. The van der Waals surface area contributed by atoms with Crippen molar-refractivity contribution in [1.82, 2.24) is 24.6 Å². The number of fused-ring (bicyclic) bond motifs is 1. The van der Waals surface area contributed by atoms with E-state index in [1.54, 1.807) is 0 Å². The second-order valence-corrected chi connectivity index (χ2v) is 10.5. The van der Waals surface area contributed by atoms with Crippen molar-refractivity contribution in [2.45, 2.75) is 70.9 Å². The van der Waals surface area contributed by atoms with Crippen molar-refractivity contribution in [3.8, 4) is 0 Å². The van der Waals surface area contributed by atoms with E-state index in [2.05, 4.69) is 74.9 Å². The highest BCUT2D eigenvalue weighted by molar-refractivity contribution is 5.75. The average Bonchev–Trinajstić information content (AvgIpc) is 3.04. The van der Waals surface area contributed by atoms with Gasteiger partial charge in [-0.05, 0) is 57.9 Å². The van der Waals surface area contributed by atoms with Crippen molar-refractivity contribution in [2.75, 3.05) is 36.4 Å². The van der Waals surface area contributed by atoms with Crippen LogP contribution in [0.4, 0.5) is 17.3 Å². The number of aromatic nitrogens is 4. The Kier molecular flexibility index (Phi) is 6.23. The Labute approximate surface area is 197 Å². The third kappa shape index (κ3) is 4.98. The highest BCUT2D eigenvalue weighted by Crippen LogP contribution is 2.29. The van der Waals surface area contributed by atoms with Gasteiger partial charge in [-0.15, -0.1) is 0 Å². The van der Waals surface area contributed by atoms with Crippen molar-refractivity contribution in [1.29, 1.82) is 0 Å². The summed E-state index contributed by atoms with van der Waals surface area (Å²) >= 11 is 0. The number of piperazine rings is 1. The number of nitrogens with zero attached hydrogens (tertiary/aromatic N) is 6. The lowest BCUT2D eigenvalue weighted by Crippen LogP contribution is -2.53. The summed E-state index contributed by atoms with van der Waals surface area (Å²) in [4.78, 5) is 14.4. The second kappa shape index (κ2) is 9.29. The molecule has 1 N–H and O–H groups in total. The van der Waals surface area contributed by atoms with Crippen LogP contribution in [0.25, 0.3) is 11.0 Å². The van der Waals surface area contributed by atoms with Crippen molar-refractivity contribution in [3.05, 3.63) is 36.7 Å². The van der Waals surface area contributed by atoms with Crippen molar-refractivity contribution >= 4 is 28.4 Å². The topological polar surface area (TPSA) is 62.1 Å². The zero-order valence-electron chi connectivity index (χ0n) is 20.3. The van der Waals surface area contributed by atoms with Crippen LogP contribution in [0.5, 0.6) is 0 Å². The smallest absolute Gasteiger partial charge is 0.229 e. The molecule has 7 heteroatoms. The normalized spacial score (nSPS) is 19.1. The van der Waals surface area contributed by atoms with Crippen LogP contribution in [0.15, 0.2) is 36.7 Å². The molecule has 33 heavy (non-hydrogen) atoms. The standard InChI is InChI=1S/C26H37N7/c1-26(2,3)32-16-14-31(15-17-32)22-12-10-21(11-13-22)29-25-27-18-20-19-28-33(24(20)30-25)23-8-6-4-5-7-9-23/h10-13,18-19,23H,4-9,14-17H2,1-3H3,(H,27,29,30). The van der Waals surface area contributed by atoms with E-state index < -0.39 is 0 Å². The van der Waals surface area contributed by atoms with Gasteiger partial charge in [-0.25, -0.2) is 9.67 Å². The maximum Gasteiger partial charge on any atom is 0.229 e. The number of hydrogen-bond donors (Lipinski definition) is 1. The van der Waals surface area contributed by atoms with E-state index in [9.17, 15) is 0 Å². The molecule has 1 saturated heterocycles. The molecule has 1 aliphatic carbocycles. The molecular weight excluding hydrogens is 410 g/mol. The van der Waals surface area contributed by atoms with Crippen LogP contribution in [0.2, 0.25) is 0 Å². The van der Waals surface area contributed by atoms with E-state index >= 15 is 0 Å². The zero-order chi connectivity index (χ0) is 22.8. The van der Waals surface area contributed by atoms with Crippen LogP contribution >= 0.6 is 0 Å². The number of nitrogens with one attached hydrogen (secondary N) is 1. The van der Waals surface area contributed by atoms with E-state index in [0.717, 1.165) is 42.9 Å². The molecule has 0 spiro atoms. The molecule has 2 aliphatic rings. The summed E-state index contributed by atoms with van der Waals surface area (Å²) in [6, 6.07) is 9.10. The number of benzene rings is 1. The van der Waals surface area contributed by atoms with Gasteiger partial charge >= 0.3 is 0 Å². The van der Waals surface area contributed by atoms with Crippen LogP contribution in [-0.4, -0.2) is 56.4 Å². The minimum Gasteiger partial charge on any atom is -0.369 e. The van der Waals surface area contributed by atoms with Crippen LogP contribution in [0.1, 0.15) is 65.3 Å². The predicted molar refractivity (Wildman–Crippen MR) is 135 cm³/mol. The fourth-order valence-electron chi connectivity index (χ4n) is 5.19. The summed E-state index contributed by atoms with van der Waals surface area (Å²) in [5.74, 6) is 0.629. The average molecular weight is 448 g/mol. The van der Waals surface area contributed by atoms with Gasteiger partial charge in [0.2, 0.25) is 5.95 Å². The highest BCUT2D eigenvalue weighted by Gasteiger charge is 2.26. The number of anilines is 3. The molecule has 2 aromatic heterocycles. The molecule has 0 atom stereocenters. The maximum absolute atomic E-state index is 4.84. The van der Waals surface area contributed by atoms with Gasteiger partial charge in [0.05, 0.1) is 17.6 Å². The second-order valence-electron chi connectivity index (χ2n) is 10.5. The van der Waals surface area contributed by atoms with Gasteiger partial charge in [0, 0.05) is 49.3 Å². The Bertz CT molecular complexity index is 1050. The zero-order valence-corrected chi connectivity index (χ0v) is 20.3. The summed E-state index contributed by atoms with van der Waals surface area (Å²) in [6.07, 6.45) is 11.4. The highest BCUT2D eigenvalue weighted by atomic mass is 15.3. The van der Waals surface area contributed by atoms with Gasteiger partial charge in [-0.2, -0.15) is 10.1 Å². The van der Waals surface area contributed by atoms with E-state index in [4.69, 9.17) is 4.98 Å². The maximum atomic E-state index is 4.84. The fraction of sp³-hybridized carbons (Fsp3) is 0.577. The fourth-order valence-corrected chi connectivity index (χ4v) is 5.19. The van der Waals surface area contributed by atoms with Crippen LogP contribution < -0.4 is 10.2 Å². The SMILES string of the molecule is CC(C)(C)N1CCN(c2ccc(Nc3ncc4cnn(C5CCCCCC5)c4n3)cc2)CC1. The van der Waals surface area contributed by atoms with E-state index in [-0.39, 0.29) is 5.54 Å². The first kappa shape index (κ1) is 22.1. The van der Waals surface area contributed by atoms with E-state index in [1.165, 1.54) is 44.2 Å². The van der Waals surface area contributed by atoms with Crippen molar-refractivity contribution in [2.24, 2.45) is 0 Å². The molecule has 5 rings (SSSR count). The van der Waals surface area contributed by atoms with Gasteiger partial charge in [0.25, 0.3) is 0 Å². The summed E-state index contributed by atoms with van der Waals surface area (Å²) in [5.41, 5.74) is 3.46. The molecule has 0 bridgehead atoms. The molecule has 7 nitrogen and oxygen atoms in total. The molecule has 176 valence electrons. The summed E-state index contributed by atoms with van der Waals surface area (Å²) in [7, 11) is 0. The van der Waals surface area contributed by atoms with Crippen LogP contribution in [0, 0.1) is 0 Å². The number of hydrogen-bond acceptors (Lipinski definition) is 6. The monoisotopic (exact) mass is 447 g/mol. The van der Waals surface area contributed by atoms with Crippen LogP contribution in [0.3, 0.4) is 0 Å². The molecule has 3 aromatic rings. The van der Waals surface area contributed by atoms with Crippen molar-refractivity contribution in [3.63, 3.8) is 0 Å². The van der Waals surface area contributed by atoms with Gasteiger partial charge in [0.1, 0.15) is 0 Å². The van der Waals surface area contributed by atoms with E-state index in [1.807, 2.05) is 12.4 Å². The summed E-state index contributed by atoms with van der Waals surface area (Å²) < 4.78 is 2.13. The lowest BCUT2D eigenvalue weighted by Gasteiger charge is -2.43. The lowest BCUT2D eigenvalue weighted by atomic mass is 10.0. The molecule has 1 aliphatic heterocycles. The van der Waals surface area contributed by atoms with E-state index in [0.29, 0.717) is 12.0 Å². The molecule has 0 amide bonds. The lowest BCUT2D eigenvalue weighted by molar-refractivity contribution is 0.128. The Morgan fingerprint density at radius 1 is 0.879 bits per heavy atom. The van der Waals surface area contributed by atoms with Gasteiger partial charge < -0.3 is 10.2 Å².